The number of benzene rings is 1. The first-order valence-corrected chi connectivity index (χ1v) is 8.66. The molecule has 0 bridgehead atoms. The molecule has 10 heteroatoms. The standard InChI is InChI=1S/C13H15Cl2N3O4S/c1-21-7-9-3-8(17-18-9)6-16-23(19,20)13-5-10(14)12(22-2)4-11(13)15/h3-5,16H,6-7H2,1-2H3,(H,17,18). The molecular weight excluding hydrogens is 365 g/mol. The predicted octanol–water partition coefficient (Wildman–Crippen LogP) is 2.35. The molecule has 0 aliphatic heterocycles. The molecule has 126 valence electrons. The monoisotopic (exact) mass is 379 g/mol. The topological polar surface area (TPSA) is 93.3 Å². The molecule has 0 unspecified atom stereocenters. The summed E-state index contributed by atoms with van der Waals surface area (Å²) in [5.74, 6) is 0.298. The molecule has 1 aromatic heterocycles. The summed E-state index contributed by atoms with van der Waals surface area (Å²) in [5.41, 5.74) is 1.27. The number of halogens is 2. The summed E-state index contributed by atoms with van der Waals surface area (Å²) in [4.78, 5) is -0.127. The van der Waals surface area contributed by atoms with Gasteiger partial charge in [0.1, 0.15) is 10.6 Å². The first-order chi connectivity index (χ1) is 10.9. The van der Waals surface area contributed by atoms with Gasteiger partial charge in [0.25, 0.3) is 0 Å². The number of aromatic amines is 1. The number of H-pyrrole nitrogens is 1. The lowest BCUT2D eigenvalue weighted by atomic mass is 10.3. The molecule has 0 atom stereocenters. The van der Waals surface area contributed by atoms with E-state index in [2.05, 4.69) is 14.9 Å². The average Bonchev–Trinajstić information content (AvgIpc) is 2.95. The highest BCUT2D eigenvalue weighted by atomic mass is 35.5. The number of nitrogens with one attached hydrogen (secondary N) is 2. The number of aromatic nitrogens is 2. The molecule has 0 amide bonds. The molecule has 0 fully saturated rings. The van der Waals surface area contributed by atoms with Crippen molar-refractivity contribution in [2.75, 3.05) is 14.2 Å². The molecule has 1 aromatic carbocycles. The summed E-state index contributed by atoms with van der Waals surface area (Å²) >= 11 is 12.0. The fourth-order valence-electron chi connectivity index (χ4n) is 1.85. The maximum atomic E-state index is 12.4. The summed E-state index contributed by atoms with van der Waals surface area (Å²) in [6, 6.07) is 4.30. The molecule has 2 rings (SSSR count). The van der Waals surface area contributed by atoms with Crippen LogP contribution in [-0.2, 0) is 27.9 Å². The second-order valence-electron chi connectivity index (χ2n) is 4.56. The van der Waals surface area contributed by atoms with Crippen molar-refractivity contribution in [1.29, 1.82) is 0 Å². The number of hydrogen-bond acceptors (Lipinski definition) is 5. The van der Waals surface area contributed by atoms with E-state index in [1.54, 1.807) is 13.2 Å². The Morgan fingerprint density at radius 2 is 1.96 bits per heavy atom. The van der Waals surface area contributed by atoms with Crippen LogP contribution in [0.2, 0.25) is 10.0 Å². The number of sulfonamides is 1. The van der Waals surface area contributed by atoms with E-state index >= 15 is 0 Å². The van der Waals surface area contributed by atoms with Crippen LogP contribution in [-0.4, -0.2) is 32.8 Å². The number of hydrogen-bond donors (Lipinski definition) is 2. The lowest BCUT2D eigenvalue weighted by Gasteiger charge is -2.10. The highest BCUT2D eigenvalue weighted by molar-refractivity contribution is 7.89. The second-order valence-corrected chi connectivity index (χ2v) is 7.11. The van der Waals surface area contributed by atoms with E-state index in [9.17, 15) is 8.42 Å². The molecule has 23 heavy (non-hydrogen) atoms. The predicted molar refractivity (Wildman–Crippen MR) is 86.3 cm³/mol. The first-order valence-electron chi connectivity index (χ1n) is 6.42. The van der Waals surface area contributed by atoms with E-state index in [0.717, 1.165) is 5.69 Å². The van der Waals surface area contributed by atoms with Crippen molar-refractivity contribution < 1.29 is 17.9 Å². The maximum Gasteiger partial charge on any atom is 0.242 e. The molecule has 1 heterocycles. The Labute approximate surface area is 143 Å². The summed E-state index contributed by atoms with van der Waals surface area (Å²) in [6.07, 6.45) is 0. The number of methoxy groups -OCH3 is 2. The normalized spacial score (nSPS) is 11.7. The first kappa shape index (κ1) is 18.0. The smallest absolute Gasteiger partial charge is 0.242 e. The molecule has 0 saturated carbocycles. The van der Waals surface area contributed by atoms with Crippen LogP contribution in [0, 0.1) is 0 Å². The van der Waals surface area contributed by atoms with E-state index in [-0.39, 0.29) is 21.5 Å². The minimum Gasteiger partial charge on any atom is -0.495 e. The Morgan fingerprint density at radius 1 is 1.22 bits per heavy atom. The fraction of sp³-hybridized carbons (Fsp3) is 0.308. The summed E-state index contributed by atoms with van der Waals surface area (Å²) in [7, 11) is -0.877. The minimum atomic E-state index is -3.85. The van der Waals surface area contributed by atoms with Crippen LogP contribution >= 0.6 is 23.2 Å². The molecule has 0 aliphatic carbocycles. The van der Waals surface area contributed by atoms with Crippen molar-refractivity contribution in [3.05, 3.63) is 39.6 Å². The largest absolute Gasteiger partial charge is 0.495 e. The van der Waals surface area contributed by atoms with Crippen molar-refractivity contribution in [1.82, 2.24) is 14.9 Å². The molecule has 0 aliphatic rings. The maximum absolute atomic E-state index is 12.4. The van der Waals surface area contributed by atoms with Gasteiger partial charge in [0.05, 0.1) is 41.7 Å². The van der Waals surface area contributed by atoms with Crippen molar-refractivity contribution in [3.8, 4) is 5.75 Å². The summed E-state index contributed by atoms with van der Waals surface area (Å²) in [6.45, 7) is 0.363. The lowest BCUT2D eigenvalue weighted by molar-refractivity contribution is 0.181. The molecule has 0 radical (unpaired) electrons. The van der Waals surface area contributed by atoms with Gasteiger partial charge in [-0.15, -0.1) is 0 Å². The summed E-state index contributed by atoms with van der Waals surface area (Å²) in [5, 5.41) is 6.90. The lowest BCUT2D eigenvalue weighted by Crippen LogP contribution is -2.23. The van der Waals surface area contributed by atoms with Gasteiger partial charge in [-0.05, 0) is 12.1 Å². The van der Waals surface area contributed by atoms with Crippen LogP contribution in [0.1, 0.15) is 11.4 Å². The SMILES string of the molecule is COCc1cc(CNS(=O)(=O)c2cc(Cl)c(OC)cc2Cl)n[nH]1. The van der Waals surface area contributed by atoms with Gasteiger partial charge in [0.2, 0.25) is 10.0 Å². The van der Waals surface area contributed by atoms with Gasteiger partial charge in [-0.2, -0.15) is 5.10 Å². The second kappa shape index (κ2) is 7.50. The van der Waals surface area contributed by atoms with Crippen LogP contribution in [0.4, 0.5) is 0 Å². The van der Waals surface area contributed by atoms with E-state index in [0.29, 0.717) is 18.1 Å². The molecular formula is C13H15Cl2N3O4S. The number of nitrogens with zero attached hydrogens (tertiary/aromatic N) is 1. The Kier molecular flexibility index (Phi) is 5.88. The van der Waals surface area contributed by atoms with E-state index in [4.69, 9.17) is 32.7 Å². The van der Waals surface area contributed by atoms with Gasteiger partial charge in [-0.25, -0.2) is 13.1 Å². The van der Waals surface area contributed by atoms with Crippen LogP contribution in [0.25, 0.3) is 0 Å². The summed E-state index contributed by atoms with van der Waals surface area (Å²) < 4.78 is 37.1. The Balaban J connectivity index is 2.16. The van der Waals surface area contributed by atoms with Crippen molar-refractivity contribution in [3.63, 3.8) is 0 Å². The van der Waals surface area contributed by atoms with Crippen molar-refractivity contribution in [2.24, 2.45) is 0 Å². The highest BCUT2D eigenvalue weighted by Crippen LogP contribution is 2.33. The van der Waals surface area contributed by atoms with Gasteiger partial charge in [-0.3, -0.25) is 5.10 Å². The van der Waals surface area contributed by atoms with Gasteiger partial charge >= 0.3 is 0 Å². The Hall–Kier alpha value is -1.32. The van der Waals surface area contributed by atoms with Gasteiger partial charge in [-0.1, -0.05) is 23.2 Å². The van der Waals surface area contributed by atoms with E-state index in [1.165, 1.54) is 19.2 Å². The molecule has 7 nitrogen and oxygen atoms in total. The van der Waals surface area contributed by atoms with Crippen LogP contribution < -0.4 is 9.46 Å². The minimum absolute atomic E-state index is 0.00250. The molecule has 2 aromatic rings. The Morgan fingerprint density at radius 3 is 2.61 bits per heavy atom. The van der Waals surface area contributed by atoms with E-state index in [1.807, 2.05) is 0 Å². The van der Waals surface area contributed by atoms with E-state index < -0.39 is 10.0 Å². The fourth-order valence-corrected chi connectivity index (χ4v) is 3.69. The van der Waals surface area contributed by atoms with Crippen LogP contribution in [0.3, 0.4) is 0 Å². The van der Waals surface area contributed by atoms with Crippen molar-refractivity contribution in [2.45, 2.75) is 18.0 Å². The van der Waals surface area contributed by atoms with Gasteiger partial charge in [0, 0.05) is 13.2 Å². The third-order valence-corrected chi connectivity index (χ3v) is 5.08. The van der Waals surface area contributed by atoms with Gasteiger partial charge < -0.3 is 9.47 Å². The number of ether oxygens (including phenoxy) is 2. The third-order valence-electron chi connectivity index (χ3n) is 2.92. The molecule has 0 spiro atoms. The van der Waals surface area contributed by atoms with Crippen LogP contribution in [0.15, 0.2) is 23.1 Å². The zero-order valence-corrected chi connectivity index (χ0v) is 14.7. The Bertz CT molecular complexity index is 793. The quantitative estimate of drug-likeness (QED) is 0.769. The zero-order valence-electron chi connectivity index (χ0n) is 12.4. The molecule has 2 N–H and O–H groups in total. The highest BCUT2D eigenvalue weighted by Gasteiger charge is 2.20. The van der Waals surface area contributed by atoms with Crippen molar-refractivity contribution >= 4 is 33.2 Å². The molecule has 0 saturated heterocycles. The average molecular weight is 380 g/mol. The van der Waals surface area contributed by atoms with Crippen LogP contribution in [0.5, 0.6) is 5.75 Å². The zero-order chi connectivity index (χ0) is 17.0. The number of rotatable bonds is 7. The third kappa shape index (κ3) is 4.36. The van der Waals surface area contributed by atoms with Gasteiger partial charge in [0.15, 0.2) is 0 Å².